The minimum atomic E-state index is -0.440. The van der Waals surface area contributed by atoms with Crippen LogP contribution in [0.5, 0.6) is 0 Å². The second-order valence-corrected chi connectivity index (χ2v) is 11.6. The molecule has 0 aliphatic heterocycles. The van der Waals surface area contributed by atoms with E-state index in [9.17, 15) is 9.59 Å². The van der Waals surface area contributed by atoms with Crippen molar-refractivity contribution in [3.63, 3.8) is 0 Å². The molecule has 4 N–H and O–H groups in total. The minimum absolute atomic E-state index is 0.0622. The van der Waals surface area contributed by atoms with Crippen LogP contribution >= 0.6 is 11.6 Å². The lowest BCUT2D eigenvalue weighted by molar-refractivity contribution is -0.111. The number of likely N-dealkylation sites (N-methyl/N-ethyl adjacent to an activating group) is 1. The maximum absolute atomic E-state index is 13.1. The Morgan fingerprint density at radius 3 is 2.79 bits per heavy atom. The van der Waals surface area contributed by atoms with Crippen LogP contribution in [0.1, 0.15) is 43.1 Å². The largest absolute Gasteiger partial charge is 0.360 e. The zero-order valence-corrected chi connectivity index (χ0v) is 24.7. The molecule has 1 fully saturated rings. The zero-order valence-electron chi connectivity index (χ0n) is 23.9. The van der Waals surface area contributed by atoms with Gasteiger partial charge in [0.1, 0.15) is 5.69 Å². The van der Waals surface area contributed by atoms with Crippen molar-refractivity contribution in [2.75, 3.05) is 31.3 Å². The van der Waals surface area contributed by atoms with Gasteiger partial charge in [0.2, 0.25) is 11.9 Å². The van der Waals surface area contributed by atoms with Crippen LogP contribution in [0.25, 0.3) is 22.2 Å². The predicted octanol–water partition coefficient (Wildman–Crippen LogP) is 5.27. The van der Waals surface area contributed by atoms with Crippen LogP contribution in [-0.2, 0) is 4.79 Å². The number of nitrogens with one attached hydrogen (secondary N) is 4. The highest BCUT2D eigenvalue weighted by molar-refractivity contribution is 6.33. The Kier molecular flexibility index (Phi) is 8.84. The molecule has 0 unspecified atom stereocenters. The second-order valence-electron chi connectivity index (χ2n) is 11.2. The first-order valence-electron chi connectivity index (χ1n) is 14.0. The van der Waals surface area contributed by atoms with Crippen molar-refractivity contribution in [2.24, 2.45) is 0 Å². The normalized spacial score (nSPS) is 18.8. The van der Waals surface area contributed by atoms with Gasteiger partial charge in [-0.1, -0.05) is 35.9 Å². The molecular weight excluding hydrogens is 552 g/mol. The van der Waals surface area contributed by atoms with Gasteiger partial charge in [-0.15, -0.1) is 0 Å². The molecule has 1 aromatic carbocycles. The number of hydrogen-bond acceptors (Lipinski definition) is 7. The van der Waals surface area contributed by atoms with Gasteiger partial charge >= 0.3 is 0 Å². The van der Waals surface area contributed by atoms with Gasteiger partial charge < -0.3 is 25.8 Å². The first-order chi connectivity index (χ1) is 20.2. The lowest BCUT2D eigenvalue weighted by Gasteiger charge is -2.39. The van der Waals surface area contributed by atoms with Crippen molar-refractivity contribution >= 4 is 46.0 Å². The van der Waals surface area contributed by atoms with E-state index in [0.29, 0.717) is 35.3 Å². The molecule has 1 aliphatic rings. The number of pyridine rings is 1. The van der Waals surface area contributed by atoms with Crippen molar-refractivity contribution < 1.29 is 9.59 Å². The fraction of sp³-hybridized carbons (Fsp3) is 0.323. The van der Waals surface area contributed by atoms with Crippen molar-refractivity contribution in [2.45, 2.75) is 44.2 Å². The standard InChI is InChI=1S/C31H35ClN8O2/c1-31(39-29(42)26-13-12-21(17-33-26)36-27(41)11-7-15-40(2)3)14-6-8-20(16-31)37-30-35-19-24(32)28(38-30)23-18-34-25-10-5-4-9-22(23)25/h4-5,7,9-13,17-20,34H,6,8,14-16H2,1-3H3,(H,36,41)(H,39,42)(H,35,37,38)/t20-,31+/m1/s1. The molecule has 3 aromatic heterocycles. The number of anilines is 2. The maximum Gasteiger partial charge on any atom is 0.270 e. The molecule has 1 aliphatic carbocycles. The van der Waals surface area contributed by atoms with Crippen molar-refractivity contribution in [1.82, 2.24) is 30.2 Å². The molecule has 0 saturated heterocycles. The molecule has 4 aromatic rings. The Hall–Kier alpha value is -4.28. The number of amides is 2. The molecule has 2 atom stereocenters. The number of para-hydroxylation sites is 1. The summed E-state index contributed by atoms with van der Waals surface area (Å²) in [6.07, 6.45) is 11.7. The molecule has 11 heteroatoms. The third-order valence-electron chi connectivity index (χ3n) is 7.32. The van der Waals surface area contributed by atoms with Gasteiger partial charge in [-0.3, -0.25) is 9.59 Å². The number of carbonyl (C=O) groups is 2. The van der Waals surface area contributed by atoms with E-state index < -0.39 is 5.54 Å². The quantitative estimate of drug-likeness (QED) is 0.197. The number of benzene rings is 1. The monoisotopic (exact) mass is 586 g/mol. The lowest BCUT2D eigenvalue weighted by Crippen LogP contribution is -2.51. The molecule has 5 rings (SSSR count). The summed E-state index contributed by atoms with van der Waals surface area (Å²) in [4.78, 5) is 43.9. The highest BCUT2D eigenvalue weighted by Crippen LogP contribution is 2.34. The van der Waals surface area contributed by atoms with Crippen molar-refractivity contribution in [1.29, 1.82) is 0 Å². The fourth-order valence-electron chi connectivity index (χ4n) is 5.29. The van der Waals surface area contributed by atoms with E-state index in [0.717, 1.165) is 35.7 Å². The van der Waals surface area contributed by atoms with Crippen LogP contribution in [-0.4, -0.2) is 68.9 Å². The number of aromatic nitrogens is 4. The molecule has 3 heterocycles. The molecular formula is C31H35ClN8O2. The summed E-state index contributed by atoms with van der Waals surface area (Å²) in [5, 5.41) is 10.9. The average molecular weight is 587 g/mol. The van der Waals surface area contributed by atoms with Crippen molar-refractivity contribution in [3.8, 4) is 11.3 Å². The van der Waals surface area contributed by atoms with Crippen LogP contribution in [0.2, 0.25) is 5.02 Å². The highest BCUT2D eigenvalue weighted by atomic mass is 35.5. The zero-order chi connectivity index (χ0) is 29.7. The topological polar surface area (TPSA) is 128 Å². The summed E-state index contributed by atoms with van der Waals surface area (Å²) >= 11 is 6.51. The SMILES string of the molecule is CN(C)CC=CC(=O)Nc1ccc(C(=O)N[C@@]2(C)CCC[C@@H](Nc3ncc(Cl)c(-c4c[nH]c5ccccc45)n3)C2)nc1. The van der Waals surface area contributed by atoms with Crippen molar-refractivity contribution in [3.05, 3.63) is 77.9 Å². The van der Waals surface area contributed by atoms with Crippen LogP contribution in [0, 0.1) is 0 Å². The predicted molar refractivity (Wildman–Crippen MR) is 167 cm³/mol. The maximum atomic E-state index is 13.1. The molecule has 42 heavy (non-hydrogen) atoms. The summed E-state index contributed by atoms with van der Waals surface area (Å²) in [7, 11) is 3.85. The summed E-state index contributed by atoms with van der Waals surface area (Å²) in [6.45, 7) is 2.71. The summed E-state index contributed by atoms with van der Waals surface area (Å²) in [5.74, 6) is -0.00950. The smallest absolute Gasteiger partial charge is 0.270 e. The number of carbonyl (C=O) groups excluding carboxylic acids is 2. The third kappa shape index (κ3) is 7.13. The number of aromatic amines is 1. The van der Waals surface area contributed by atoms with Crippen LogP contribution in [0.4, 0.5) is 11.6 Å². The van der Waals surface area contributed by atoms with Crippen LogP contribution < -0.4 is 16.0 Å². The summed E-state index contributed by atoms with van der Waals surface area (Å²) in [6, 6.07) is 11.4. The Morgan fingerprint density at radius 2 is 2.00 bits per heavy atom. The summed E-state index contributed by atoms with van der Waals surface area (Å²) in [5.41, 5.74) is 2.96. The molecule has 0 bridgehead atoms. The highest BCUT2D eigenvalue weighted by Gasteiger charge is 2.34. The van der Waals surface area contributed by atoms with E-state index in [1.807, 2.05) is 56.4 Å². The Balaban J connectivity index is 1.21. The number of H-pyrrole nitrogens is 1. The van der Waals surface area contributed by atoms with E-state index in [1.165, 1.54) is 12.3 Å². The number of fused-ring (bicyclic) bond motifs is 1. The Bertz CT molecular complexity index is 1600. The van der Waals surface area contributed by atoms with E-state index in [-0.39, 0.29) is 23.6 Å². The number of rotatable bonds is 9. The Labute approximate surface area is 250 Å². The summed E-state index contributed by atoms with van der Waals surface area (Å²) < 4.78 is 0. The first kappa shape index (κ1) is 29.2. The molecule has 218 valence electrons. The average Bonchev–Trinajstić information content (AvgIpc) is 3.38. The Morgan fingerprint density at radius 1 is 1.17 bits per heavy atom. The van der Waals surface area contributed by atoms with Gasteiger partial charge in [0, 0.05) is 46.9 Å². The fourth-order valence-corrected chi connectivity index (χ4v) is 5.49. The molecule has 0 spiro atoms. The van der Waals surface area contributed by atoms with Gasteiger partial charge in [0.05, 0.1) is 28.8 Å². The van der Waals surface area contributed by atoms with E-state index in [2.05, 4.69) is 30.9 Å². The number of nitrogens with zero attached hydrogens (tertiary/aromatic N) is 4. The number of halogens is 1. The third-order valence-corrected chi connectivity index (χ3v) is 7.60. The molecule has 2 amide bonds. The van der Waals surface area contributed by atoms with E-state index in [4.69, 9.17) is 16.6 Å². The molecule has 10 nitrogen and oxygen atoms in total. The lowest BCUT2D eigenvalue weighted by atomic mass is 9.80. The molecule has 1 saturated carbocycles. The van der Waals surface area contributed by atoms with Gasteiger partial charge in [-0.2, -0.15) is 0 Å². The first-order valence-corrected chi connectivity index (χ1v) is 14.3. The van der Waals surface area contributed by atoms with E-state index >= 15 is 0 Å². The van der Waals surface area contributed by atoms with Crippen LogP contribution in [0.3, 0.4) is 0 Å². The van der Waals surface area contributed by atoms with Crippen LogP contribution in [0.15, 0.2) is 67.1 Å². The van der Waals surface area contributed by atoms with E-state index in [1.54, 1.807) is 24.4 Å². The van der Waals surface area contributed by atoms with Gasteiger partial charge in [0.25, 0.3) is 5.91 Å². The minimum Gasteiger partial charge on any atom is -0.360 e. The second kappa shape index (κ2) is 12.7. The molecule has 0 radical (unpaired) electrons. The van der Waals surface area contributed by atoms with Gasteiger partial charge in [0.15, 0.2) is 0 Å². The van der Waals surface area contributed by atoms with Gasteiger partial charge in [-0.25, -0.2) is 15.0 Å². The van der Waals surface area contributed by atoms with Gasteiger partial charge in [-0.05, 0) is 64.9 Å². The number of hydrogen-bond donors (Lipinski definition) is 4.